The highest BCUT2D eigenvalue weighted by Crippen LogP contribution is 2.23. The zero-order valence-electron chi connectivity index (χ0n) is 11.7. The molecule has 0 saturated carbocycles. The van der Waals surface area contributed by atoms with Gasteiger partial charge in [-0.2, -0.15) is 0 Å². The van der Waals surface area contributed by atoms with Crippen LogP contribution < -0.4 is 5.73 Å². The first-order valence-electron chi connectivity index (χ1n) is 6.47. The first kappa shape index (κ1) is 13.9. The molecule has 0 spiro atoms. The highest BCUT2D eigenvalue weighted by molar-refractivity contribution is 4.84. The highest BCUT2D eigenvalue weighted by Gasteiger charge is 2.28. The van der Waals surface area contributed by atoms with Crippen molar-refractivity contribution < 1.29 is 0 Å². The van der Waals surface area contributed by atoms with Crippen LogP contribution in [-0.2, 0) is 0 Å². The molecule has 1 heterocycles. The molecule has 2 N–H and O–H groups in total. The predicted octanol–water partition coefficient (Wildman–Crippen LogP) is 1.39. The number of hydrogen-bond donors (Lipinski definition) is 1. The number of piperidine rings is 1. The average molecular weight is 227 g/mol. The summed E-state index contributed by atoms with van der Waals surface area (Å²) in [6, 6.07) is 0.996. The number of likely N-dealkylation sites (tertiary alicyclic amines) is 1. The lowest BCUT2D eigenvalue weighted by Gasteiger charge is -2.40. The van der Waals surface area contributed by atoms with Gasteiger partial charge in [0.15, 0.2) is 0 Å². The SMILES string of the molecule is CC(N)C(C)(C)CN(C)C1CCN(C)CC1. The lowest BCUT2D eigenvalue weighted by Crippen LogP contribution is -2.49. The van der Waals surface area contributed by atoms with Crippen molar-refractivity contribution in [2.45, 2.75) is 45.7 Å². The van der Waals surface area contributed by atoms with Crippen LogP contribution in [0.1, 0.15) is 33.6 Å². The smallest absolute Gasteiger partial charge is 0.0117 e. The molecule has 1 atom stereocenters. The largest absolute Gasteiger partial charge is 0.327 e. The second kappa shape index (κ2) is 5.48. The maximum Gasteiger partial charge on any atom is 0.0117 e. The molecule has 3 nitrogen and oxygen atoms in total. The minimum Gasteiger partial charge on any atom is -0.327 e. The Hall–Kier alpha value is -0.120. The molecule has 0 radical (unpaired) electrons. The minimum atomic E-state index is 0.206. The van der Waals surface area contributed by atoms with Gasteiger partial charge in [0.1, 0.15) is 0 Å². The summed E-state index contributed by atoms with van der Waals surface area (Å²) < 4.78 is 0. The number of rotatable bonds is 4. The molecule has 0 aromatic carbocycles. The van der Waals surface area contributed by atoms with Crippen molar-refractivity contribution in [2.75, 3.05) is 33.7 Å². The first-order valence-corrected chi connectivity index (χ1v) is 6.47. The lowest BCUT2D eigenvalue weighted by atomic mass is 9.84. The van der Waals surface area contributed by atoms with Gasteiger partial charge in [0, 0.05) is 18.6 Å². The van der Waals surface area contributed by atoms with E-state index >= 15 is 0 Å². The molecule has 0 bridgehead atoms. The van der Waals surface area contributed by atoms with Crippen LogP contribution in [0.4, 0.5) is 0 Å². The van der Waals surface area contributed by atoms with Crippen molar-refractivity contribution >= 4 is 0 Å². The van der Waals surface area contributed by atoms with Crippen LogP contribution in [0.3, 0.4) is 0 Å². The Morgan fingerprint density at radius 2 is 1.88 bits per heavy atom. The topological polar surface area (TPSA) is 32.5 Å². The Kier molecular flexibility index (Phi) is 4.77. The summed E-state index contributed by atoms with van der Waals surface area (Å²) in [5.41, 5.74) is 6.24. The average Bonchev–Trinajstić information content (AvgIpc) is 2.17. The summed E-state index contributed by atoms with van der Waals surface area (Å²) in [6.45, 7) is 10.2. The molecule has 1 saturated heterocycles. The van der Waals surface area contributed by atoms with Gasteiger partial charge in [0.2, 0.25) is 0 Å². The van der Waals surface area contributed by atoms with E-state index in [9.17, 15) is 0 Å². The van der Waals surface area contributed by atoms with Crippen LogP contribution in [0.5, 0.6) is 0 Å². The van der Waals surface area contributed by atoms with Crippen molar-refractivity contribution in [1.82, 2.24) is 9.80 Å². The number of hydrogen-bond acceptors (Lipinski definition) is 3. The standard InChI is InChI=1S/C13H29N3/c1-11(14)13(2,3)10-16(5)12-6-8-15(4)9-7-12/h11-12H,6-10,14H2,1-5H3. The maximum absolute atomic E-state index is 6.04. The van der Waals surface area contributed by atoms with E-state index in [2.05, 4.69) is 44.7 Å². The van der Waals surface area contributed by atoms with Crippen molar-refractivity contribution in [1.29, 1.82) is 0 Å². The zero-order valence-corrected chi connectivity index (χ0v) is 11.7. The highest BCUT2D eigenvalue weighted by atomic mass is 15.2. The number of nitrogens with two attached hydrogens (primary N) is 1. The van der Waals surface area contributed by atoms with Crippen LogP contribution >= 0.6 is 0 Å². The quantitative estimate of drug-likeness (QED) is 0.788. The van der Waals surface area contributed by atoms with Crippen molar-refractivity contribution in [2.24, 2.45) is 11.1 Å². The molecule has 1 unspecified atom stereocenters. The van der Waals surface area contributed by atoms with Crippen molar-refractivity contribution in [3.63, 3.8) is 0 Å². The van der Waals surface area contributed by atoms with Gasteiger partial charge in [-0.25, -0.2) is 0 Å². The fourth-order valence-electron chi connectivity index (χ4n) is 2.35. The minimum absolute atomic E-state index is 0.206. The van der Waals surface area contributed by atoms with Crippen LogP contribution in [-0.4, -0.2) is 55.6 Å². The van der Waals surface area contributed by atoms with E-state index in [1.165, 1.54) is 25.9 Å². The van der Waals surface area contributed by atoms with Gasteiger partial charge in [0.25, 0.3) is 0 Å². The molecule has 1 fully saturated rings. The van der Waals surface area contributed by atoms with Gasteiger partial charge in [-0.1, -0.05) is 13.8 Å². The van der Waals surface area contributed by atoms with E-state index in [4.69, 9.17) is 5.73 Å². The molecular formula is C13H29N3. The second-order valence-corrected chi connectivity index (χ2v) is 6.23. The summed E-state index contributed by atoms with van der Waals surface area (Å²) in [5.74, 6) is 0. The third kappa shape index (κ3) is 3.72. The fraction of sp³-hybridized carbons (Fsp3) is 1.00. The maximum atomic E-state index is 6.04. The van der Waals surface area contributed by atoms with Gasteiger partial charge in [0.05, 0.1) is 0 Å². The summed E-state index contributed by atoms with van der Waals surface area (Å²) in [4.78, 5) is 4.93. The fourth-order valence-corrected chi connectivity index (χ4v) is 2.35. The van der Waals surface area contributed by atoms with E-state index < -0.39 is 0 Å². The van der Waals surface area contributed by atoms with E-state index in [0.29, 0.717) is 0 Å². The van der Waals surface area contributed by atoms with Gasteiger partial charge in [-0.05, 0) is 52.4 Å². The molecule has 0 aromatic rings. The molecule has 0 aromatic heterocycles. The molecule has 0 aliphatic carbocycles. The molecule has 1 rings (SSSR count). The summed E-state index contributed by atoms with van der Waals surface area (Å²) in [7, 11) is 4.46. The lowest BCUT2D eigenvalue weighted by molar-refractivity contribution is 0.0979. The van der Waals surface area contributed by atoms with E-state index in [1.54, 1.807) is 0 Å². The van der Waals surface area contributed by atoms with Gasteiger partial charge in [-0.3, -0.25) is 0 Å². The molecule has 3 heteroatoms. The molecule has 1 aliphatic rings. The molecule has 16 heavy (non-hydrogen) atoms. The summed E-state index contributed by atoms with van der Waals surface area (Å²) in [6.07, 6.45) is 2.59. The second-order valence-electron chi connectivity index (χ2n) is 6.23. The van der Waals surface area contributed by atoms with Crippen molar-refractivity contribution in [3.8, 4) is 0 Å². The van der Waals surface area contributed by atoms with E-state index in [-0.39, 0.29) is 11.5 Å². The predicted molar refractivity (Wildman–Crippen MR) is 70.6 cm³/mol. The van der Waals surface area contributed by atoms with Crippen LogP contribution in [0, 0.1) is 5.41 Å². The van der Waals surface area contributed by atoms with Crippen LogP contribution in [0.2, 0.25) is 0 Å². The van der Waals surface area contributed by atoms with Gasteiger partial charge < -0.3 is 15.5 Å². The van der Waals surface area contributed by atoms with Crippen LogP contribution in [0.15, 0.2) is 0 Å². The molecular weight excluding hydrogens is 198 g/mol. The first-order chi connectivity index (χ1) is 7.33. The monoisotopic (exact) mass is 227 g/mol. The molecule has 96 valence electrons. The van der Waals surface area contributed by atoms with Crippen LogP contribution in [0.25, 0.3) is 0 Å². The molecule has 1 aliphatic heterocycles. The van der Waals surface area contributed by atoms with Gasteiger partial charge in [-0.15, -0.1) is 0 Å². The number of nitrogens with zero attached hydrogens (tertiary/aromatic N) is 2. The normalized spacial score (nSPS) is 22.7. The van der Waals surface area contributed by atoms with Gasteiger partial charge >= 0.3 is 0 Å². The molecule has 0 amide bonds. The van der Waals surface area contributed by atoms with E-state index in [0.717, 1.165) is 12.6 Å². The summed E-state index contributed by atoms with van der Waals surface area (Å²) in [5, 5.41) is 0. The third-order valence-corrected chi connectivity index (χ3v) is 4.20. The Bertz CT molecular complexity index is 205. The third-order valence-electron chi connectivity index (χ3n) is 4.20. The zero-order chi connectivity index (χ0) is 12.3. The Balaban J connectivity index is 2.43. The Labute approximate surface area is 101 Å². The van der Waals surface area contributed by atoms with E-state index in [1.807, 2.05) is 0 Å². The van der Waals surface area contributed by atoms with Crippen molar-refractivity contribution in [3.05, 3.63) is 0 Å². The Morgan fingerprint density at radius 3 is 2.31 bits per heavy atom. The summed E-state index contributed by atoms with van der Waals surface area (Å²) >= 11 is 0. The Morgan fingerprint density at radius 1 is 1.38 bits per heavy atom.